The predicted molar refractivity (Wildman–Crippen MR) is 131 cm³/mol. The monoisotopic (exact) mass is 515 g/mol. The first-order valence-electron chi connectivity index (χ1n) is 11.4. The molecule has 1 saturated heterocycles. The van der Waals surface area contributed by atoms with Crippen LogP contribution in [0.3, 0.4) is 0 Å². The quantitative estimate of drug-likeness (QED) is 0.318. The van der Waals surface area contributed by atoms with Crippen LogP contribution in [0.4, 0.5) is 4.79 Å². The highest BCUT2D eigenvalue weighted by atomic mass is 16.5. The molecule has 0 saturated carbocycles. The third-order valence-corrected chi connectivity index (χ3v) is 5.64. The number of rotatable bonds is 9. The van der Waals surface area contributed by atoms with Gasteiger partial charge in [-0.25, -0.2) is 19.7 Å². The largest absolute Gasteiger partial charge is 0.467 e. The van der Waals surface area contributed by atoms with Crippen molar-refractivity contribution >= 4 is 17.8 Å². The van der Waals surface area contributed by atoms with Crippen molar-refractivity contribution in [1.29, 1.82) is 0 Å². The Kier molecular flexibility index (Phi) is 6.78. The fourth-order valence-corrected chi connectivity index (χ4v) is 3.70. The maximum Gasteiger partial charge on any atom is 0.328 e. The lowest BCUT2D eigenvalue weighted by atomic mass is 9.95. The molecule has 1 aliphatic rings. The number of methoxy groups -OCH3 is 1. The molecule has 2 aromatic heterocycles. The molecule has 1 aliphatic heterocycles. The molecule has 0 bridgehead atoms. The average Bonchev–Trinajstić information content (AvgIpc) is 3.42. The lowest BCUT2D eigenvalue weighted by molar-refractivity contribution is -0.153. The zero-order valence-corrected chi connectivity index (χ0v) is 20.0. The van der Waals surface area contributed by atoms with Gasteiger partial charge in [0.1, 0.15) is 29.3 Å². The second kappa shape index (κ2) is 10.5. The van der Waals surface area contributed by atoms with Crippen molar-refractivity contribution in [2.45, 2.75) is 12.0 Å². The highest BCUT2D eigenvalue weighted by Gasteiger charge is 2.52. The molecule has 12 heteroatoms. The first-order valence-corrected chi connectivity index (χ1v) is 11.4. The number of barbiturate groups is 1. The minimum atomic E-state index is -1.95. The number of amides is 4. The minimum Gasteiger partial charge on any atom is -0.467 e. The van der Waals surface area contributed by atoms with Gasteiger partial charge in [-0.3, -0.25) is 20.2 Å². The fourth-order valence-electron chi connectivity index (χ4n) is 3.70. The summed E-state index contributed by atoms with van der Waals surface area (Å²) in [5.74, 6) is 0.538. The Labute approximate surface area is 216 Å². The van der Waals surface area contributed by atoms with E-state index in [0.717, 1.165) is 5.56 Å². The third-order valence-electron chi connectivity index (χ3n) is 5.64. The molecule has 4 amide bonds. The number of hydrogen-bond acceptors (Lipinski definition) is 10. The third kappa shape index (κ3) is 5.06. The number of oxazole rings is 1. The lowest BCUT2D eigenvalue weighted by Gasteiger charge is -2.34. The second-order valence-electron chi connectivity index (χ2n) is 8.13. The van der Waals surface area contributed by atoms with Crippen molar-refractivity contribution in [1.82, 2.24) is 25.6 Å². The molecule has 12 nitrogen and oxygen atoms in total. The predicted octanol–water partition coefficient (Wildman–Crippen LogP) is 3.11. The number of benzene rings is 2. The van der Waals surface area contributed by atoms with Gasteiger partial charge in [0, 0.05) is 25.3 Å². The Morgan fingerprint density at radius 1 is 0.868 bits per heavy atom. The maximum absolute atomic E-state index is 12.5. The highest BCUT2D eigenvalue weighted by Crippen LogP contribution is 2.30. The zero-order chi connectivity index (χ0) is 26.5. The average molecular weight is 515 g/mol. The molecule has 192 valence electrons. The summed E-state index contributed by atoms with van der Waals surface area (Å²) in [5, 5.41) is 4.14. The van der Waals surface area contributed by atoms with Crippen molar-refractivity contribution in [2.75, 3.05) is 13.7 Å². The van der Waals surface area contributed by atoms with Crippen LogP contribution in [0.1, 0.15) is 6.42 Å². The Hall–Kier alpha value is -5.10. The van der Waals surface area contributed by atoms with Gasteiger partial charge in [0.15, 0.2) is 5.76 Å². The first kappa shape index (κ1) is 24.6. The molecular formula is C26H21N5O7. The summed E-state index contributed by atoms with van der Waals surface area (Å²) in [7, 11) is 1.43. The van der Waals surface area contributed by atoms with E-state index in [1.807, 2.05) is 12.1 Å². The molecule has 1 fully saturated rings. The molecule has 4 aromatic rings. The van der Waals surface area contributed by atoms with E-state index in [4.69, 9.17) is 18.6 Å². The Balaban J connectivity index is 1.26. The molecule has 0 aliphatic carbocycles. The Morgan fingerprint density at radius 2 is 1.53 bits per heavy atom. The molecule has 0 radical (unpaired) electrons. The van der Waals surface area contributed by atoms with E-state index in [-0.39, 0.29) is 18.8 Å². The number of carbonyl (C=O) groups is 3. The van der Waals surface area contributed by atoms with E-state index in [0.29, 0.717) is 28.8 Å². The highest BCUT2D eigenvalue weighted by molar-refractivity contribution is 6.21. The molecule has 2 N–H and O–H groups in total. The van der Waals surface area contributed by atoms with Crippen molar-refractivity contribution < 1.29 is 33.0 Å². The molecule has 2 aromatic carbocycles. The van der Waals surface area contributed by atoms with E-state index < -0.39 is 23.4 Å². The van der Waals surface area contributed by atoms with E-state index >= 15 is 0 Å². The van der Waals surface area contributed by atoms with Gasteiger partial charge < -0.3 is 18.6 Å². The van der Waals surface area contributed by atoms with Gasteiger partial charge in [0.2, 0.25) is 5.89 Å². The summed E-state index contributed by atoms with van der Waals surface area (Å²) >= 11 is 0. The van der Waals surface area contributed by atoms with E-state index in [9.17, 15) is 14.4 Å². The van der Waals surface area contributed by atoms with Crippen molar-refractivity contribution in [3.05, 3.63) is 73.3 Å². The van der Waals surface area contributed by atoms with Crippen LogP contribution in [0.25, 0.3) is 22.9 Å². The van der Waals surface area contributed by atoms with Crippen LogP contribution in [0.2, 0.25) is 0 Å². The summed E-state index contributed by atoms with van der Waals surface area (Å²) in [6.07, 6.45) is 4.57. The number of nitrogens with one attached hydrogen (secondary N) is 2. The summed E-state index contributed by atoms with van der Waals surface area (Å²) in [6, 6.07) is 14.4. The Bertz CT molecular complexity index is 1430. The molecule has 38 heavy (non-hydrogen) atoms. The van der Waals surface area contributed by atoms with Gasteiger partial charge in [-0.05, 0) is 54.6 Å². The van der Waals surface area contributed by atoms with Crippen LogP contribution < -0.4 is 20.1 Å². The maximum atomic E-state index is 12.5. The van der Waals surface area contributed by atoms with Gasteiger partial charge in [-0.1, -0.05) is 0 Å². The zero-order valence-electron chi connectivity index (χ0n) is 20.0. The van der Waals surface area contributed by atoms with Crippen LogP contribution in [-0.4, -0.2) is 52.1 Å². The second-order valence-corrected chi connectivity index (χ2v) is 8.13. The number of ether oxygens (including phenoxy) is 3. The number of aromatic nitrogens is 3. The van der Waals surface area contributed by atoms with Gasteiger partial charge >= 0.3 is 6.03 Å². The summed E-state index contributed by atoms with van der Waals surface area (Å²) in [4.78, 5) is 48.9. The molecule has 5 rings (SSSR count). The normalized spacial score (nSPS) is 14.5. The van der Waals surface area contributed by atoms with Crippen LogP contribution >= 0.6 is 0 Å². The summed E-state index contributed by atoms with van der Waals surface area (Å²) in [5.41, 5.74) is -0.560. The summed E-state index contributed by atoms with van der Waals surface area (Å²) < 4.78 is 22.5. The van der Waals surface area contributed by atoms with Crippen molar-refractivity contribution in [3.8, 4) is 40.2 Å². The Morgan fingerprint density at radius 3 is 2.16 bits per heavy atom. The van der Waals surface area contributed by atoms with Crippen LogP contribution in [-0.2, 0) is 14.3 Å². The number of imide groups is 2. The number of nitrogens with zero attached hydrogens (tertiary/aromatic N) is 3. The van der Waals surface area contributed by atoms with Gasteiger partial charge in [0.25, 0.3) is 17.4 Å². The lowest BCUT2D eigenvalue weighted by Crippen LogP contribution is -2.69. The van der Waals surface area contributed by atoms with Crippen molar-refractivity contribution in [3.63, 3.8) is 0 Å². The minimum absolute atomic E-state index is 0.0578. The molecule has 3 heterocycles. The van der Waals surface area contributed by atoms with Gasteiger partial charge in [-0.2, -0.15) is 0 Å². The van der Waals surface area contributed by atoms with Crippen LogP contribution in [0.5, 0.6) is 17.2 Å². The van der Waals surface area contributed by atoms with E-state index in [1.54, 1.807) is 54.9 Å². The SMILES string of the molecule is COCCC1(Oc2ccc(Oc3ccc(-c4cnc(-c5ccncn5)o4)cc3)cc2)C(=O)NC(=O)NC1=O. The molecule has 0 spiro atoms. The topological polar surface area (TPSA) is 155 Å². The molecule has 0 atom stereocenters. The van der Waals surface area contributed by atoms with Gasteiger partial charge in [-0.15, -0.1) is 0 Å². The fraction of sp³-hybridized carbons (Fsp3) is 0.154. The number of urea groups is 1. The smallest absolute Gasteiger partial charge is 0.328 e. The van der Waals surface area contributed by atoms with Crippen molar-refractivity contribution in [2.24, 2.45) is 0 Å². The van der Waals surface area contributed by atoms with Gasteiger partial charge in [0.05, 0.1) is 12.8 Å². The molecule has 0 unspecified atom stereocenters. The summed E-state index contributed by atoms with van der Waals surface area (Å²) in [6.45, 7) is 0.0578. The number of carbonyl (C=O) groups excluding carboxylic acids is 3. The van der Waals surface area contributed by atoms with E-state index in [2.05, 4.69) is 25.6 Å². The number of hydrogen-bond donors (Lipinski definition) is 2. The first-order chi connectivity index (χ1) is 18.5. The molecular weight excluding hydrogens is 494 g/mol. The van der Waals surface area contributed by atoms with Crippen LogP contribution in [0, 0.1) is 0 Å². The van der Waals surface area contributed by atoms with Crippen LogP contribution in [0.15, 0.2) is 77.7 Å². The van der Waals surface area contributed by atoms with E-state index in [1.165, 1.54) is 13.4 Å². The standard InChI is InChI=1S/C26H21N5O7/c1-35-13-11-26(23(32)30-25(34)31-24(26)33)38-19-8-6-18(7-9-19)36-17-4-2-16(3-5-17)21-14-28-22(37-21)20-10-12-27-15-29-20/h2-10,12,14-15H,11,13H2,1H3,(H2,30,31,32,33,34).